The number of carbonyl (C=O) groups excluding carboxylic acids is 4. The molecule has 0 fully saturated rings. The lowest BCUT2D eigenvalue weighted by Gasteiger charge is -2.25. The first-order chi connectivity index (χ1) is 19.9. The third-order valence-electron chi connectivity index (χ3n) is 6.70. The third-order valence-corrected chi connectivity index (χ3v) is 6.70. The van der Waals surface area contributed by atoms with Crippen molar-refractivity contribution in [1.82, 2.24) is 30.9 Å². The number of nitrogens with one attached hydrogen (secondary N) is 5. The quantitative estimate of drug-likeness (QED) is 0.113. The van der Waals surface area contributed by atoms with E-state index in [1.54, 1.807) is 6.20 Å². The van der Waals surface area contributed by atoms with Crippen LogP contribution in [0, 0.1) is 5.92 Å². The van der Waals surface area contributed by atoms with Gasteiger partial charge in [0.1, 0.15) is 18.1 Å². The van der Waals surface area contributed by atoms with Crippen molar-refractivity contribution in [1.29, 1.82) is 0 Å². The highest BCUT2D eigenvalue weighted by Gasteiger charge is 2.31. The first-order valence-electron chi connectivity index (χ1n) is 13.6. The molecule has 4 unspecified atom stereocenters. The Bertz CT molecular complexity index is 1390. The highest BCUT2D eigenvalue weighted by Crippen LogP contribution is 2.19. The predicted molar refractivity (Wildman–Crippen MR) is 154 cm³/mol. The summed E-state index contributed by atoms with van der Waals surface area (Å²) in [6.07, 6.45) is 4.72. The number of aromatic amines is 2. The number of primary amides is 1. The summed E-state index contributed by atoms with van der Waals surface area (Å²) >= 11 is 0. The Morgan fingerprint density at radius 1 is 0.929 bits per heavy atom. The molecule has 226 valence electrons. The van der Waals surface area contributed by atoms with Gasteiger partial charge in [0.15, 0.2) is 0 Å². The zero-order chi connectivity index (χ0) is 30.8. The van der Waals surface area contributed by atoms with Crippen molar-refractivity contribution in [2.45, 2.75) is 70.1 Å². The number of aromatic nitrogens is 3. The monoisotopic (exact) mass is 582 g/mol. The molecule has 3 aromatic rings. The molecule has 0 saturated heterocycles. The number of benzene rings is 1. The SMILES string of the molecule is CC(C)CC(NC(=O)C(Cc1cnc[nH]1)NC(=O)C(Cc1c[nH]c2ccccc12)NC(=O)C(N)CCC(N)=O)C(=O)O. The van der Waals surface area contributed by atoms with Gasteiger partial charge in [-0.25, -0.2) is 9.78 Å². The summed E-state index contributed by atoms with van der Waals surface area (Å²) < 4.78 is 0. The molecule has 4 amide bonds. The van der Waals surface area contributed by atoms with Gasteiger partial charge in [0.25, 0.3) is 0 Å². The minimum atomic E-state index is -1.20. The number of nitrogens with zero attached hydrogens (tertiary/aromatic N) is 1. The second-order valence-electron chi connectivity index (χ2n) is 10.6. The van der Waals surface area contributed by atoms with Gasteiger partial charge in [-0.05, 0) is 30.4 Å². The van der Waals surface area contributed by atoms with E-state index in [9.17, 15) is 29.1 Å². The molecular formula is C28H38N8O6. The van der Waals surface area contributed by atoms with Crippen LogP contribution in [-0.2, 0) is 36.8 Å². The van der Waals surface area contributed by atoms with Gasteiger partial charge in [0.05, 0.1) is 12.4 Å². The molecule has 0 aliphatic heterocycles. The lowest BCUT2D eigenvalue weighted by molar-refractivity contribution is -0.142. The molecule has 14 nitrogen and oxygen atoms in total. The summed E-state index contributed by atoms with van der Waals surface area (Å²) in [7, 11) is 0. The number of imidazole rings is 1. The van der Waals surface area contributed by atoms with Crippen LogP contribution in [0.15, 0.2) is 43.0 Å². The molecule has 0 bridgehead atoms. The van der Waals surface area contributed by atoms with Crippen molar-refractivity contribution >= 4 is 40.5 Å². The Kier molecular flexibility index (Phi) is 11.2. The van der Waals surface area contributed by atoms with E-state index >= 15 is 0 Å². The van der Waals surface area contributed by atoms with Gasteiger partial charge >= 0.3 is 5.97 Å². The molecule has 1 aromatic carbocycles. The number of rotatable bonds is 16. The largest absolute Gasteiger partial charge is 0.480 e. The number of aliphatic carboxylic acids is 1. The molecule has 4 atom stereocenters. The number of amides is 4. The fraction of sp³-hybridized carbons (Fsp3) is 0.429. The molecule has 0 aliphatic carbocycles. The number of fused-ring (bicyclic) bond motifs is 1. The maximum absolute atomic E-state index is 13.7. The van der Waals surface area contributed by atoms with Crippen LogP contribution in [0.4, 0.5) is 0 Å². The molecule has 0 radical (unpaired) electrons. The summed E-state index contributed by atoms with van der Waals surface area (Å²) in [5.74, 6) is -3.89. The average molecular weight is 583 g/mol. The summed E-state index contributed by atoms with van der Waals surface area (Å²) in [5.41, 5.74) is 13.2. The fourth-order valence-corrected chi connectivity index (χ4v) is 4.50. The molecular weight excluding hydrogens is 544 g/mol. The fourth-order valence-electron chi connectivity index (χ4n) is 4.50. The van der Waals surface area contributed by atoms with Crippen LogP contribution in [-0.4, -0.2) is 73.8 Å². The van der Waals surface area contributed by atoms with Gasteiger partial charge in [-0.15, -0.1) is 0 Å². The van der Waals surface area contributed by atoms with E-state index in [0.29, 0.717) is 5.69 Å². The Labute approximate surface area is 242 Å². The van der Waals surface area contributed by atoms with Crippen molar-refractivity contribution in [2.24, 2.45) is 17.4 Å². The van der Waals surface area contributed by atoms with E-state index in [1.807, 2.05) is 38.1 Å². The molecule has 0 saturated carbocycles. The number of nitrogens with two attached hydrogens (primary N) is 2. The van der Waals surface area contributed by atoms with Gasteiger partial charge in [-0.1, -0.05) is 32.0 Å². The van der Waals surface area contributed by atoms with Gasteiger partial charge in [0.2, 0.25) is 23.6 Å². The second kappa shape index (κ2) is 14.8. The maximum atomic E-state index is 13.7. The molecule has 14 heteroatoms. The average Bonchev–Trinajstić information content (AvgIpc) is 3.60. The van der Waals surface area contributed by atoms with Crippen molar-refractivity contribution in [3.63, 3.8) is 0 Å². The Hall–Kier alpha value is -4.72. The van der Waals surface area contributed by atoms with Crippen LogP contribution >= 0.6 is 0 Å². The van der Waals surface area contributed by atoms with E-state index in [1.165, 1.54) is 12.5 Å². The van der Waals surface area contributed by atoms with Gasteiger partial charge in [-0.2, -0.15) is 0 Å². The number of H-pyrrole nitrogens is 2. The van der Waals surface area contributed by atoms with E-state index in [0.717, 1.165) is 16.5 Å². The Morgan fingerprint density at radius 3 is 2.19 bits per heavy atom. The molecule has 0 aliphatic rings. The van der Waals surface area contributed by atoms with E-state index in [4.69, 9.17) is 11.5 Å². The van der Waals surface area contributed by atoms with Crippen LogP contribution < -0.4 is 27.4 Å². The number of carboxylic acid groups (broad SMARTS) is 1. The Balaban J connectivity index is 1.86. The van der Waals surface area contributed by atoms with Crippen molar-refractivity contribution in [3.05, 3.63) is 54.2 Å². The van der Waals surface area contributed by atoms with Crippen LogP contribution in [0.1, 0.15) is 44.4 Å². The maximum Gasteiger partial charge on any atom is 0.326 e. The normalized spacial score (nSPS) is 14.1. The smallest absolute Gasteiger partial charge is 0.326 e. The summed E-state index contributed by atoms with van der Waals surface area (Å²) in [5, 5.41) is 18.3. The molecule has 42 heavy (non-hydrogen) atoms. The molecule has 0 spiro atoms. The topological polar surface area (TPSA) is 238 Å². The predicted octanol–water partition coefficient (Wildman–Crippen LogP) is -0.146. The van der Waals surface area contributed by atoms with Crippen LogP contribution in [0.2, 0.25) is 0 Å². The molecule has 2 heterocycles. The molecule has 3 rings (SSSR count). The third kappa shape index (κ3) is 9.16. The highest BCUT2D eigenvalue weighted by molar-refractivity contribution is 5.95. The minimum absolute atomic E-state index is 0.0124. The first-order valence-corrected chi connectivity index (χ1v) is 13.6. The lowest BCUT2D eigenvalue weighted by Crippen LogP contribution is -2.58. The minimum Gasteiger partial charge on any atom is -0.480 e. The van der Waals surface area contributed by atoms with Gasteiger partial charge in [-0.3, -0.25) is 19.2 Å². The molecule has 10 N–H and O–H groups in total. The lowest BCUT2D eigenvalue weighted by atomic mass is 10.0. The Morgan fingerprint density at radius 2 is 1.57 bits per heavy atom. The van der Waals surface area contributed by atoms with Gasteiger partial charge in [0, 0.05) is 48.3 Å². The number of para-hydroxylation sites is 1. The number of hydrogen-bond donors (Lipinski definition) is 8. The zero-order valence-corrected chi connectivity index (χ0v) is 23.6. The second-order valence-corrected chi connectivity index (χ2v) is 10.6. The summed E-state index contributed by atoms with van der Waals surface area (Å²) in [4.78, 5) is 72.9. The number of carbonyl (C=O) groups is 5. The van der Waals surface area contributed by atoms with Crippen molar-refractivity contribution in [3.8, 4) is 0 Å². The highest BCUT2D eigenvalue weighted by atomic mass is 16.4. The van der Waals surface area contributed by atoms with Crippen LogP contribution in [0.3, 0.4) is 0 Å². The van der Waals surface area contributed by atoms with Crippen molar-refractivity contribution in [2.75, 3.05) is 0 Å². The first kappa shape index (κ1) is 31.8. The number of hydrogen-bond acceptors (Lipinski definition) is 7. The van der Waals surface area contributed by atoms with E-state index < -0.39 is 53.8 Å². The summed E-state index contributed by atoms with van der Waals surface area (Å²) in [6.45, 7) is 3.66. The zero-order valence-electron chi connectivity index (χ0n) is 23.6. The van der Waals surface area contributed by atoms with E-state index in [-0.39, 0.29) is 38.0 Å². The standard InChI is InChI=1S/C28H38N8O6/c1-15(2)9-23(28(41)42)36-27(40)22(11-17-13-31-14-33-17)35-26(39)21(34-25(38)19(29)7-8-24(30)37)10-16-12-32-20-6-4-3-5-18(16)20/h3-6,12-15,19,21-23,32H,7-11,29H2,1-2H3,(H2,30,37)(H,31,33)(H,34,38)(H,35,39)(H,36,40)(H,41,42). The molecule has 2 aromatic heterocycles. The van der Waals surface area contributed by atoms with Gasteiger partial charge < -0.3 is 42.5 Å². The van der Waals surface area contributed by atoms with Crippen LogP contribution in [0.25, 0.3) is 10.9 Å². The van der Waals surface area contributed by atoms with Crippen molar-refractivity contribution < 1.29 is 29.1 Å². The summed E-state index contributed by atoms with van der Waals surface area (Å²) in [6, 6.07) is 2.80. The number of carboxylic acids is 1. The van der Waals surface area contributed by atoms with Crippen LogP contribution in [0.5, 0.6) is 0 Å². The van der Waals surface area contributed by atoms with E-state index in [2.05, 4.69) is 30.9 Å².